The lowest BCUT2D eigenvalue weighted by molar-refractivity contribution is 0.0984. The second-order valence-electron chi connectivity index (χ2n) is 8.58. The Morgan fingerprint density at radius 3 is 2.54 bits per heavy atom. The number of para-hydroxylation sites is 1. The number of nitrogens with zero attached hydrogens (tertiary/aromatic N) is 2. The SMILES string of the molecule is COc1ccccc1C(=O)N(CCC1=CCCCC1)c1c(N)n(Cc2ccccc2)c(=O)[nH]c1=O. The van der Waals surface area contributed by atoms with Crippen LogP contribution in [0.5, 0.6) is 5.75 Å². The second-order valence-corrected chi connectivity index (χ2v) is 8.58. The first kappa shape index (κ1) is 24.1. The average molecular weight is 475 g/mol. The number of amides is 1. The molecule has 1 heterocycles. The average Bonchev–Trinajstić information content (AvgIpc) is 2.89. The summed E-state index contributed by atoms with van der Waals surface area (Å²) in [5.74, 6) is -0.0727. The lowest BCUT2D eigenvalue weighted by Crippen LogP contribution is -2.42. The van der Waals surface area contributed by atoms with Crippen molar-refractivity contribution in [2.75, 3.05) is 24.3 Å². The van der Waals surface area contributed by atoms with Gasteiger partial charge < -0.3 is 10.5 Å². The molecule has 0 radical (unpaired) electrons. The van der Waals surface area contributed by atoms with Gasteiger partial charge in [-0.05, 0) is 49.8 Å². The number of rotatable bonds is 8. The molecule has 0 fully saturated rings. The molecule has 1 aliphatic carbocycles. The smallest absolute Gasteiger partial charge is 0.330 e. The fraction of sp³-hybridized carbons (Fsp3) is 0.296. The van der Waals surface area contributed by atoms with Crippen LogP contribution in [0.2, 0.25) is 0 Å². The molecule has 3 aromatic rings. The number of nitrogens with two attached hydrogens (primary N) is 1. The van der Waals surface area contributed by atoms with Crippen molar-refractivity contribution in [2.45, 2.75) is 38.6 Å². The number of methoxy groups -OCH3 is 1. The van der Waals surface area contributed by atoms with Gasteiger partial charge in [0, 0.05) is 6.54 Å². The van der Waals surface area contributed by atoms with Crippen LogP contribution in [0.15, 0.2) is 75.8 Å². The number of nitrogen functional groups attached to an aromatic ring is 1. The summed E-state index contributed by atoms with van der Waals surface area (Å²) in [6.07, 6.45) is 7.06. The fourth-order valence-electron chi connectivity index (χ4n) is 4.43. The van der Waals surface area contributed by atoms with E-state index in [2.05, 4.69) is 11.1 Å². The van der Waals surface area contributed by atoms with Gasteiger partial charge in [0.25, 0.3) is 11.5 Å². The molecule has 1 aromatic heterocycles. The van der Waals surface area contributed by atoms with Gasteiger partial charge in [0.2, 0.25) is 0 Å². The van der Waals surface area contributed by atoms with E-state index in [1.54, 1.807) is 24.3 Å². The zero-order valence-electron chi connectivity index (χ0n) is 19.8. The Morgan fingerprint density at radius 1 is 1.09 bits per heavy atom. The molecule has 0 saturated heterocycles. The van der Waals surface area contributed by atoms with Gasteiger partial charge in [-0.1, -0.05) is 54.1 Å². The molecule has 0 unspecified atom stereocenters. The Bertz CT molecular complexity index is 1340. The molecule has 0 spiro atoms. The maximum Gasteiger partial charge on any atom is 0.330 e. The Labute approximate surface area is 203 Å². The van der Waals surface area contributed by atoms with Crippen molar-refractivity contribution in [2.24, 2.45) is 0 Å². The van der Waals surface area contributed by atoms with Crippen LogP contribution in [-0.4, -0.2) is 29.1 Å². The molecule has 8 heteroatoms. The number of hydrogen-bond acceptors (Lipinski definition) is 5. The van der Waals surface area contributed by atoms with Gasteiger partial charge in [-0.3, -0.25) is 24.0 Å². The lowest BCUT2D eigenvalue weighted by atomic mass is 9.97. The number of ether oxygens (including phenoxy) is 1. The zero-order chi connectivity index (χ0) is 24.8. The Balaban J connectivity index is 1.79. The van der Waals surface area contributed by atoms with Gasteiger partial charge in [0.15, 0.2) is 5.69 Å². The predicted molar refractivity (Wildman–Crippen MR) is 137 cm³/mol. The molecule has 8 nitrogen and oxygen atoms in total. The Morgan fingerprint density at radius 2 is 1.83 bits per heavy atom. The van der Waals surface area contributed by atoms with Crippen molar-refractivity contribution >= 4 is 17.4 Å². The van der Waals surface area contributed by atoms with E-state index in [0.29, 0.717) is 17.7 Å². The number of allylic oxidation sites excluding steroid dienone is 1. The number of H-pyrrole nitrogens is 1. The molecule has 1 aliphatic rings. The molecule has 0 atom stereocenters. The van der Waals surface area contributed by atoms with Crippen LogP contribution in [0.1, 0.15) is 48.0 Å². The maximum atomic E-state index is 13.8. The van der Waals surface area contributed by atoms with Crippen molar-refractivity contribution in [1.82, 2.24) is 9.55 Å². The summed E-state index contributed by atoms with van der Waals surface area (Å²) in [6.45, 7) is 0.413. The van der Waals surface area contributed by atoms with Crippen LogP contribution in [0, 0.1) is 0 Å². The highest BCUT2D eigenvalue weighted by Gasteiger charge is 2.27. The Kier molecular flexibility index (Phi) is 7.50. The molecule has 3 N–H and O–H groups in total. The molecule has 2 aromatic carbocycles. The molecular weight excluding hydrogens is 444 g/mol. The summed E-state index contributed by atoms with van der Waals surface area (Å²) in [6, 6.07) is 16.2. The van der Waals surface area contributed by atoms with Gasteiger partial charge in [0.1, 0.15) is 11.6 Å². The van der Waals surface area contributed by atoms with E-state index in [-0.39, 0.29) is 24.6 Å². The van der Waals surface area contributed by atoms with Crippen LogP contribution in [0.4, 0.5) is 11.5 Å². The number of nitrogens with one attached hydrogen (secondary N) is 1. The number of aromatic amines is 1. The minimum Gasteiger partial charge on any atom is -0.496 e. The first-order valence-corrected chi connectivity index (χ1v) is 11.8. The van der Waals surface area contributed by atoms with E-state index < -0.39 is 17.2 Å². The van der Waals surface area contributed by atoms with E-state index in [0.717, 1.165) is 31.2 Å². The molecule has 1 amide bonds. The molecule has 0 saturated carbocycles. The van der Waals surface area contributed by atoms with Gasteiger partial charge >= 0.3 is 5.69 Å². The van der Waals surface area contributed by atoms with Crippen LogP contribution in [0.3, 0.4) is 0 Å². The predicted octanol–water partition coefficient (Wildman–Crippen LogP) is 3.71. The fourth-order valence-corrected chi connectivity index (χ4v) is 4.43. The largest absolute Gasteiger partial charge is 0.496 e. The topological polar surface area (TPSA) is 110 Å². The summed E-state index contributed by atoms with van der Waals surface area (Å²) >= 11 is 0. The van der Waals surface area contributed by atoms with Crippen molar-refractivity contribution in [1.29, 1.82) is 0 Å². The van der Waals surface area contributed by atoms with Crippen LogP contribution < -0.4 is 26.6 Å². The minimum absolute atomic E-state index is 0.0344. The van der Waals surface area contributed by atoms with E-state index in [9.17, 15) is 14.4 Å². The second kappa shape index (κ2) is 10.9. The molecular formula is C27H30N4O4. The number of aromatic nitrogens is 2. The first-order chi connectivity index (χ1) is 17.0. The number of carbonyl (C=O) groups excluding carboxylic acids is 1. The summed E-state index contributed by atoms with van der Waals surface area (Å²) < 4.78 is 6.68. The molecule has 0 bridgehead atoms. The van der Waals surface area contributed by atoms with Gasteiger partial charge in [0.05, 0.1) is 19.2 Å². The molecule has 4 rings (SSSR count). The van der Waals surface area contributed by atoms with Crippen molar-refractivity contribution in [3.8, 4) is 5.75 Å². The lowest BCUT2D eigenvalue weighted by Gasteiger charge is -2.26. The third-order valence-corrected chi connectivity index (χ3v) is 6.29. The van der Waals surface area contributed by atoms with Gasteiger partial charge in [-0.2, -0.15) is 0 Å². The minimum atomic E-state index is -0.697. The van der Waals surface area contributed by atoms with Crippen molar-refractivity contribution in [3.05, 3.63) is 98.2 Å². The number of benzene rings is 2. The normalized spacial score (nSPS) is 13.2. The number of anilines is 2. The maximum absolute atomic E-state index is 13.8. The highest BCUT2D eigenvalue weighted by molar-refractivity contribution is 6.09. The molecule has 182 valence electrons. The quantitative estimate of drug-likeness (QED) is 0.484. The standard InChI is InChI=1S/C27H30N4O4/c1-35-22-15-9-8-14-21(22)26(33)30(17-16-19-10-4-2-5-11-19)23-24(28)31(27(34)29-25(23)32)18-20-12-6-3-7-13-20/h3,6-10,12-15H,2,4-5,11,16-18,28H2,1H3,(H,29,32,34). The number of hydrogen-bond donors (Lipinski definition) is 2. The first-order valence-electron chi connectivity index (χ1n) is 11.8. The summed E-state index contributed by atoms with van der Waals surface area (Å²) in [4.78, 5) is 43.3. The van der Waals surface area contributed by atoms with E-state index in [1.807, 2.05) is 30.3 Å². The summed E-state index contributed by atoms with van der Waals surface area (Å²) in [5.41, 5.74) is 7.48. The monoisotopic (exact) mass is 474 g/mol. The van der Waals surface area contributed by atoms with Crippen LogP contribution in [0.25, 0.3) is 0 Å². The van der Waals surface area contributed by atoms with E-state index in [1.165, 1.54) is 22.1 Å². The summed E-state index contributed by atoms with van der Waals surface area (Å²) in [7, 11) is 1.49. The van der Waals surface area contributed by atoms with Crippen LogP contribution >= 0.6 is 0 Å². The summed E-state index contributed by atoms with van der Waals surface area (Å²) in [5, 5.41) is 0. The van der Waals surface area contributed by atoms with E-state index >= 15 is 0 Å². The molecule has 35 heavy (non-hydrogen) atoms. The highest BCUT2D eigenvalue weighted by Crippen LogP contribution is 2.27. The van der Waals surface area contributed by atoms with E-state index in [4.69, 9.17) is 10.5 Å². The third-order valence-electron chi connectivity index (χ3n) is 6.29. The highest BCUT2D eigenvalue weighted by atomic mass is 16.5. The number of carbonyl (C=O) groups is 1. The molecule has 0 aliphatic heterocycles. The van der Waals surface area contributed by atoms with Crippen LogP contribution in [-0.2, 0) is 6.54 Å². The Hall–Kier alpha value is -4.07. The third kappa shape index (κ3) is 5.37. The van der Waals surface area contributed by atoms with Crippen molar-refractivity contribution < 1.29 is 9.53 Å². The zero-order valence-corrected chi connectivity index (χ0v) is 19.8. The van der Waals surface area contributed by atoms with Gasteiger partial charge in [-0.25, -0.2) is 4.79 Å². The van der Waals surface area contributed by atoms with Crippen molar-refractivity contribution in [3.63, 3.8) is 0 Å². The van der Waals surface area contributed by atoms with Gasteiger partial charge in [-0.15, -0.1) is 0 Å².